The van der Waals surface area contributed by atoms with Gasteiger partial charge in [-0.15, -0.1) is 0 Å². The van der Waals surface area contributed by atoms with E-state index in [4.69, 9.17) is 0 Å². The molecule has 0 aromatic carbocycles. The van der Waals surface area contributed by atoms with Crippen LogP contribution in [0.15, 0.2) is 0 Å². The lowest BCUT2D eigenvalue weighted by molar-refractivity contribution is 0.563. The van der Waals surface area contributed by atoms with Crippen molar-refractivity contribution in [1.82, 2.24) is 10.6 Å². The van der Waals surface area contributed by atoms with E-state index in [-0.39, 0.29) is 0 Å². The summed E-state index contributed by atoms with van der Waals surface area (Å²) in [7, 11) is 0. The van der Waals surface area contributed by atoms with Gasteiger partial charge in [0.25, 0.3) is 0 Å². The molecule has 1 saturated carbocycles. The van der Waals surface area contributed by atoms with Gasteiger partial charge in [0.1, 0.15) is 0 Å². The fourth-order valence-corrected chi connectivity index (χ4v) is 1.26. The van der Waals surface area contributed by atoms with Gasteiger partial charge in [-0.2, -0.15) is 0 Å². The Bertz CT molecular complexity index is 82.5. The molecule has 1 aliphatic carbocycles. The van der Waals surface area contributed by atoms with Crippen molar-refractivity contribution < 1.29 is 0 Å². The largest absolute Gasteiger partial charge is 0.299 e. The topological polar surface area (TPSA) is 26.1 Å². The lowest BCUT2D eigenvalue weighted by Gasteiger charge is -2.03. The van der Waals surface area contributed by atoms with Gasteiger partial charge in [0.2, 0.25) is 0 Å². The Morgan fingerprint density at radius 2 is 2.25 bits per heavy atom. The highest BCUT2D eigenvalue weighted by Crippen LogP contribution is 2.33. The van der Waals surface area contributed by atoms with Crippen LogP contribution in [0, 0.1) is 5.92 Å². The Hall–Kier alpha value is -0.0800. The third kappa shape index (κ3) is 0.740. The van der Waals surface area contributed by atoms with E-state index in [1.165, 1.54) is 12.8 Å². The first-order valence-corrected chi connectivity index (χ1v) is 3.33. The average molecular weight is 111 g/mol. The number of rotatable bonds is 1. The second-order valence-electron chi connectivity index (χ2n) is 2.71. The molecule has 1 aliphatic heterocycles. The summed E-state index contributed by atoms with van der Waals surface area (Å²) in [4.78, 5) is 0. The van der Waals surface area contributed by atoms with Crippen LogP contribution in [0.4, 0.5) is 0 Å². The summed E-state index contributed by atoms with van der Waals surface area (Å²) >= 11 is 0. The van der Waals surface area contributed by atoms with Crippen LogP contribution in [0.5, 0.6) is 0 Å². The van der Waals surface area contributed by atoms with E-state index in [1.807, 2.05) is 0 Å². The van der Waals surface area contributed by atoms with Crippen LogP contribution in [0.25, 0.3) is 0 Å². The Kier molecular flexibility index (Phi) is 1.02. The lowest BCUT2D eigenvalue weighted by atomic mass is 10.2. The first-order valence-electron chi connectivity index (χ1n) is 3.33. The molecule has 1 heterocycles. The number of nitrogens with one attached hydrogen (secondary N) is 1. The maximum absolute atomic E-state index is 4.21. The molecule has 2 nitrogen and oxygen atoms in total. The second kappa shape index (κ2) is 1.71. The summed E-state index contributed by atoms with van der Waals surface area (Å²) < 4.78 is 0. The molecule has 1 atom stereocenters. The zero-order valence-corrected chi connectivity index (χ0v) is 4.93. The van der Waals surface area contributed by atoms with Crippen LogP contribution in [-0.2, 0) is 0 Å². The van der Waals surface area contributed by atoms with Gasteiger partial charge in [-0.05, 0) is 18.8 Å². The molecule has 45 valence electrons. The molecule has 2 fully saturated rings. The van der Waals surface area contributed by atoms with Crippen molar-refractivity contribution in [3.8, 4) is 0 Å². The standard InChI is InChI=1S/C6H11N2/c1-2-5(1)6-3-7-4-8-6/h5-6,8H,1-4H2. The van der Waals surface area contributed by atoms with E-state index >= 15 is 0 Å². The number of hydrogen-bond acceptors (Lipinski definition) is 1. The van der Waals surface area contributed by atoms with Crippen molar-refractivity contribution in [2.75, 3.05) is 13.2 Å². The van der Waals surface area contributed by atoms with Crippen molar-refractivity contribution >= 4 is 0 Å². The molecule has 2 aliphatic rings. The molecular weight excluding hydrogens is 100 g/mol. The highest BCUT2D eigenvalue weighted by atomic mass is 15.2. The Balaban J connectivity index is 1.86. The Morgan fingerprint density at radius 1 is 1.38 bits per heavy atom. The van der Waals surface area contributed by atoms with E-state index in [0.717, 1.165) is 25.2 Å². The SMILES string of the molecule is C1[N]CC(C2CC2)N1. The lowest BCUT2D eigenvalue weighted by Crippen LogP contribution is -2.25. The normalized spacial score (nSPS) is 38.2. The average Bonchev–Trinajstić information content (AvgIpc) is 2.49. The third-order valence-corrected chi connectivity index (χ3v) is 1.98. The number of hydrogen-bond donors (Lipinski definition) is 1. The van der Waals surface area contributed by atoms with Gasteiger partial charge in [0.05, 0.1) is 6.67 Å². The third-order valence-electron chi connectivity index (χ3n) is 1.98. The minimum atomic E-state index is 0.759. The highest BCUT2D eigenvalue weighted by molar-refractivity contribution is 4.89. The van der Waals surface area contributed by atoms with Crippen molar-refractivity contribution in [3.05, 3.63) is 0 Å². The molecule has 8 heavy (non-hydrogen) atoms. The Labute approximate surface area is 49.7 Å². The van der Waals surface area contributed by atoms with Crippen molar-refractivity contribution in [2.45, 2.75) is 18.9 Å². The Morgan fingerprint density at radius 3 is 2.75 bits per heavy atom. The predicted molar refractivity (Wildman–Crippen MR) is 31.5 cm³/mol. The van der Waals surface area contributed by atoms with Gasteiger partial charge in [-0.1, -0.05) is 0 Å². The van der Waals surface area contributed by atoms with Crippen molar-refractivity contribution in [1.29, 1.82) is 0 Å². The fraction of sp³-hybridized carbons (Fsp3) is 1.00. The van der Waals surface area contributed by atoms with Crippen LogP contribution in [0.2, 0.25) is 0 Å². The van der Waals surface area contributed by atoms with Gasteiger partial charge in [-0.3, -0.25) is 5.32 Å². The zero-order valence-electron chi connectivity index (χ0n) is 4.93. The molecule has 0 bridgehead atoms. The summed E-state index contributed by atoms with van der Waals surface area (Å²) in [6, 6.07) is 0.759. The van der Waals surface area contributed by atoms with Crippen LogP contribution in [0.3, 0.4) is 0 Å². The molecule has 1 unspecified atom stereocenters. The molecule has 1 N–H and O–H groups in total. The molecule has 0 aromatic rings. The maximum atomic E-state index is 4.21. The second-order valence-corrected chi connectivity index (χ2v) is 2.71. The van der Waals surface area contributed by atoms with Crippen LogP contribution >= 0.6 is 0 Å². The summed E-state index contributed by atoms with van der Waals surface area (Å²) in [6.07, 6.45) is 2.88. The van der Waals surface area contributed by atoms with Gasteiger partial charge >= 0.3 is 0 Å². The minimum absolute atomic E-state index is 0.759. The molecule has 1 radical (unpaired) electrons. The monoisotopic (exact) mass is 111 g/mol. The predicted octanol–water partition coefficient (Wildman–Crippen LogP) is -0.0699. The molecule has 1 saturated heterocycles. The highest BCUT2D eigenvalue weighted by Gasteiger charge is 2.32. The van der Waals surface area contributed by atoms with Crippen LogP contribution in [-0.4, -0.2) is 19.3 Å². The zero-order chi connectivity index (χ0) is 5.40. The van der Waals surface area contributed by atoms with Gasteiger partial charge in [0.15, 0.2) is 0 Å². The molecule has 0 aromatic heterocycles. The smallest absolute Gasteiger partial charge is 0.0627 e. The van der Waals surface area contributed by atoms with Gasteiger partial charge in [0, 0.05) is 12.6 Å². The molecule has 0 amide bonds. The molecule has 2 rings (SSSR count). The van der Waals surface area contributed by atoms with Crippen LogP contribution < -0.4 is 10.6 Å². The van der Waals surface area contributed by atoms with Crippen LogP contribution in [0.1, 0.15) is 12.8 Å². The number of nitrogens with zero attached hydrogens (tertiary/aromatic N) is 1. The van der Waals surface area contributed by atoms with E-state index in [0.29, 0.717) is 0 Å². The van der Waals surface area contributed by atoms with Crippen molar-refractivity contribution in [3.63, 3.8) is 0 Å². The first kappa shape index (κ1) is 4.77. The molecular formula is C6H11N2. The van der Waals surface area contributed by atoms with E-state index < -0.39 is 0 Å². The summed E-state index contributed by atoms with van der Waals surface area (Å²) in [5, 5.41) is 7.57. The van der Waals surface area contributed by atoms with E-state index in [1.54, 1.807) is 0 Å². The van der Waals surface area contributed by atoms with E-state index in [9.17, 15) is 0 Å². The van der Waals surface area contributed by atoms with Gasteiger partial charge < -0.3 is 0 Å². The van der Waals surface area contributed by atoms with Gasteiger partial charge in [-0.25, -0.2) is 5.32 Å². The minimum Gasteiger partial charge on any atom is -0.299 e. The quantitative estimate of drug-likeness (QED) is 0.503. The fourth-order valence-electron chi connectivity index (χ4n) is 1.26. The molecule has 0 spiro atoms. The summed E-state index contributed by atoms with van der Waals surface area (Å²) in [5.41, 5.74) is 0. The van der Waals surface area contributed by atoms with Crippen molar-refractivity contribution in [2.24, 2.45) is 5.92 Å². The summed E-state index contributed by atoms with van der Waals surface area (Å²) in [5.74, 6) is 0.987. The molecule has 2 heteroatoms. The van der Waals surface area contributed by atoms with E-state index in [2.05, 4.69) is 10.6 Å². The maximum Gasteiger partial charge on any atom is 0.0627 e. The first-order chi connectivity index (χ1) is 3.97. The summed E-state index contributed by atoms with van der Waals surface area (Å²) in [6.45, 7) is 1.98.